The van der Waals surface area contributed by atoms with Crippen LogP contribution in [0.25, 0.3) is 0 Å². The Hall–Kier alpha value is -0.680. The van der Waals surface area contributed by atoms with E-state index in [9.17, 15) is 4.79 Å². The molecule has 1 heterocycles. The van der Waals surface area contributed by atoms with Crippen LogP contribution in [-0.4, -0.2) is 15.0 Å². The van der Waals surface area contributed by atoms with Crippen LogP contribution in [0.4, 0.5) is 4.79 Å². The predicted molar refractivity (Wildman–Crippen MR) is 41.2 cm³/mol. The SMILES string of the molecule is CCc1nnsc1OC(=O)Cl. The molecule has 0 saturated carbocycles. The minimum absolute atomic E-state index is 0.382. The molecule has 0 bridgehead atoms. The smallest absolute Gasteiger partial charge is 0.400 e. The molecule has 0 aliphatic rings. The fourth-order valence-electron chi connectivity index (χ4n) is 0.566. The molecule has 1 aromatic rings. The summed E-state index contributed by atoms with van der Waals surface area (Å²) in [6.45, 7) is 1.89. The molecule has 6 heteroatoms. The van der Waals surface area contributed by atoms with Crippen molar-refractivity contribution in [3.05, 3.63) is 5.69 Å². The minimum Gasteiger partial charge on any atom is -0.400 e. The maximum Gasteiger partial charge on any atom is 0.410 e. The first-order valence-electron chi connectivity index (χ1n) is 2.92. The standard InChI is InChI=1S/C5H5ClN2O2S/c1-2-3-4(10-5(6)9)11-8-7-3/h2H2,1H3. The van der Waals surface area contributed by atoms with Gasteiger partial charge in [0.2, 0.25) is 5.06 Å². The lowest BCUT2D eigenvalue weighted by molar-refractivity contribution is 0.226. The highest BCUT2D eigenvalue weighted by Gasteiger charge is 2.09. The molecule has 11 heavy (non-hydrogen) atoms. The molecule has 0 N–H and O–H groups in total. The third kappa shape index (κ3) is 2.13. The molecule has 0 fully saturated rings. The highest BCUT2D eigenvalue weighted by molar-refractivity contribution is 7.07. The van der Waals surface area contributed by atoms with Crippen LogP contribution in [0, 0.1) is 0 Å². The van der Waals surface area contributed by atoms with E-state index in [2.05, 4.69) is 14.3 Å². The summed E-state index contributed by atoms with van der Waals surface area (Å²) in [7, 11) is 0. The van der Waals surface area contributed by atoms with Gasteiger partial charge in [-0.05, 0) is 6.42 Å². The lowest BCUT2D eigenvalue weighted by Crippen LogP contribution is -1.96. The van der Waals surface area contributed by atoms with E-state index < -0.39 is 5.43 Å². The summed E-state index contributed by atoms with van der Waals surface area (Å²) in [6.07, 6.45) is 0.677. The highest BCUT2D eigenvalue weighted by atomic mass is 35.5. The molecule has 0 radical (unpaired) electrons. The van der Waals surface area contributed by atoms with Crippen molar-refractivity contribution in [3.8, 4) is 5.06 Å². The van der Waals surface area contributed by atoms with Gasteiger partial charge in [0.1, 0.15) is 5.69 Å². The molecule has 0 atom stereocenters. The van der Waals surface area contributed by atoms with Gasteiger partial charge in [-0.3, -0.25) is 0 Å². The van der Waals surface area contributed by atoms with Crippen molar-refractivity contribution < 1.29 is 9.53 Å². The van der Waals surface area contributed by atoms with Crippen molar-refractivity contribution >= 4 is 28.6 Å². The molecule has 1 aromatic heterocycles. The van der Waals surface area contributed by atoms with Crippen molar-refractivity contribution in [1.29, 1.82) is 0 Å². The monoisotopic (exact) mass is 192 g/mol. The summed E-state index contributed by atoms with van der Waals surface area (Å²) in [5.41, 5.74) is -0.199. The zero-order valence-corrected chi connectivity index (χ0v) is 7.28. The van der Waals surface area contributed by atoms with Crippen LogP contribution in [0.15, 0.2) is 0 Å². The molecular weight excluding hydrogens is 188 g/mol. The predicted octanol–water partition coefficient (Wildman–Crippen LogP) is 1.84. The topological polar surface area (TPSA) is 52.1 Å². The lowest BCUT2D eigenvalue weighted by atomic mass is 10.4. The first kappa shape index (κ1) is 8.42. The van der Waals surface area contributed by atoms with Crippen molar-refractivity contribution in [3.63, 3.8) is 0 Å². The van der Waals surface area contributed by atoms with E-state index in [1.807, 2.05) is 6.92 Å². The van der Waals surface area contributed by atoms with Gasteiger partial charge in [-0.1, -0.05) is 11.4 Å². The zero-order valence-electron chi connectivity index (χ0n) is 5.70. The average molecular weight is 193 g/mol. The van der Waals surface area contributed by atoms with Crippen LogP contribution in [0.1, 0.15) is 12.6 Å². The Morgan fingerprint density at radius 1 is 1.82 bits per heavy atom. The normalized spacial score (nSPS) is 9.64. The molecule has 0 aliphatic carbocycles. The lowest BCUT2D eigenvalue weighted by Gasteiger charge is -1.93. The third-order valence-electron chi connectivity index (χ3n) is 1.03. The number of ether oxygens (including phenoxy) is 1. The number of halogens is 1. The number of carbonyl (C=O) groups excluding carboxylic acids is 1. The van der Waals surface area contributed by atoms with E-state index in [0.717, 1.165) is 11.5 Å². The summed E-state index contributed by atoms with van der Waals surface area (Å²) in [4.78, 5) is 10.3. The van der Waals surface area contributed by atoms with Gasteiger partial charge in [0, 0.05) is 23.1 Å². The van der Waals surface area contributed by atoms with Gasteiger partial charge in [-0.2, -0.15) is 0 Å². The van der Waals surface area contributed by atoms with Gasteiger partial charge in [0.25, 0.3) is 0 Å². The Morgan fingerprint density at radius 2 is 2.55 bits per heavy atom. The van der Waals surface area contributed by atoms with Gasteiger partial charge >= 0.3 is 5.43 Å². The Morgan fingerprint density at radius 3 is 3.09 bits per heavy atom. The maximum atomic E-state index is 10.3. The average Bonchev–Trinajstić information content (AvgIpc) is 2.34. The summed E-state index contributed by atoms with van der Waals surface area (Å²) in [6, 6.07) is 0. The second-order valence-corrected chi connectivity index (χ2v) is 2.73. The maximum absolute atomic E-state index is 10.3. The van der Waals surface area contributed by atoms with E-state index in [1.165, 1.54) is 0 Å². The van der Waals surface area contributed by atoms with E-state index in [4.69, 9.17) is 11.6 Å². The molecule has 0 amide bonds. The number of aromatic nitrogens is 2. The second-order valence-electron chi connectivity index (χ2n) is 1.70. The van der Waals surface area contributed by atoms with Gasteiger partial charge in [0.05, 0.1) is 0 Å². The van der Waals surface area contributed by atoms with Gasteiger partial charge in [0.15, 0.2) is 0 Å². The van der Waals surface area contributed by atoms with Crippen LogP contribution >= 0.6 is 23.1 Å². The number of rotatable bonds is 2. The van der Waals surface area contributed by atoms with Gasteiger partial charge in [-0.25, -0.2) is 4.79 Å². The van der Waals surface area contributed by atoms with Crippen LogP contribution < -0.4 is 4.74 Å². The highest BCUT2D eigenvalue weighted by Crippen LogP contribution is 2.21. The van der Waals surface area contributed by atoms with E-state index in [-0.39, 0.29) is 0 Å². The molecule has 0 saturated heterocycles. The Labute approximate surface area is 72.3 Å². The zero-order chi connectivity index (χ0) is 8.27. The number of hydrogen-bond acceptors (Lipinski definition) is 5. The van der Waals surface area contributed by atoms with Crippen LogP contribution in [0.5, 0.6) is 5.06 Å². The molecule has 0 spiro atoms. The van der Waals surface area contributed by atoms with E-state index in [1.54, 1.807) is 0 Å². The van der Waals surface area contributed by atoms with E-state index >= 15 is 0 Å². The molecule has 1 rings (SSSR count). The Balaban J connectivity index is 2.76. The van der Waals surface area contributed by atoms with Crippen LogP contribution in [0.3, 0.4) is 0 Å². The number of nitrogens with zero attached hydrogens (tertiary/aromatic N) is 2. The van der Waals surface area contributed by atoms with Crippen LogP contribution in [0.2, 0.25) is 0 Å². The van der Waals surface area contributed by atoms with Gasteiger partial charge < -0.3 is 4.74 Å². The minimum atomic E-state index is -0.856. The number of aryl methyl sites for hydroxylation is 1. The Bertz CT molecular complexity index is 263. The summed E-state index contributed by atoms with van der Waals surface area (Å²) >= 11 is 6.00. The number of hydrogen-bond donors (Lipinski definition) is 0. The largest absolute Gasteiger partial charge is 0.410 e. The molecule has 4 nitrogen and oxygen atoms in total. The van der Waals surface area contributed by atoms with E-state index in [0.29, 0.717) is 17.2 Å². The molecular formula is C5H5ClN2O2S. The fourth-order valence-corrected chi connectivity index (χ4v) is 1.31. The summed E-state index contributed by atoms with van der Waals surface area (Å²) in [5.74, 6) is 0. The molecule has 0 aliphatic heterocycles. The second kappa shape index (κ2) is 3.64. The Kier molecular flexibility index (Phi) is 2.78. The summed E-state index contributed by atoms with van der Waals surface area (Å²) in [5, 5.41) is 4.10. The van der Waals surface area contributed by atoms with Gasteiger partial charge in [-0.15, -0.1) is 5.10 Å². The van der Waals surface area contributed by atoms with Crippen molar-refractivity contribution in [2.24, 2.45) is 0 Å². The van der Waals surface area contributed by atoms with Crippen molar-refractivity contribution in [2.75, 3.05) is 0 Å². The third-order valence-corrected chi connectivity index (χ3v) is 1.75. The summed E-state index contributed by atoms with van der Waals surface area (Å²) < 4.78 is 8.20. The van der Waals surface area contributed by atoms with Crippen molar-refractivity contribution in [1.82, 2.24) is 9.59 Å². The quantitative estimate of drug-likeness (QED) is 0.671. The van der Waals surface area contributed by atoms with Crippen LogP contribution in [-0.2, 0) is 6.42 Å². The first-order valence-corrected chi connectivity index (χ1v) is 4.07. The molecule has 60 valence electrons. The molecule has 0 aromatic carbocycles. The fraction of sp³-hybridized carbons (Fsp3) is 0.400. The number of carbonyl (C=O) groups is 1. The van der Waals surface area contributed by atoms with Crippen molar-refractivity contribution in [2.45, 2.75) is 13.3 Å². The molecule has 0 unspecified atom stereocenters. The first-order chi connectivity index (χ1) is 5.24.